The summed E-state index contributed by atoms with van der Waals surface area (Å²) in [6, 6.07) is 0.648. The molecule has 108 valence electrons. The molecule has 1 aromatic heterocycles. The Bertz CT molecular complexity index is 448. The van der Waals surface area contributed by atoms with Crippen LogP contribution in [0.5, 0.6) is 0 Å². The van der Waals surface area contributed by atoms with Crippen LogP contribution >= 0.6 is 12.2 Å². The summed E-state index contributed by atoms with van der Waals surface area (Å²) in [4.78, 5) is 4.90. The van der Waals surface area contributed by atoms with Crippen LogP contribution in [0.15, 0.2) is 0 Å². The van der Waals surface area contributed by atoms with Crippen LogP contribution in [-0.4, -0.2) is 51.9 Å². The van der Waals surface area contributed by atoms with Gasteiger partial charge in [-0.15, -0.1) is 5.10 Å². The molecule has 5 nitrogen and oxygen atoms in total. The molecular weight excluding hydrogens is 258 g/mol. The molecule has 1 saturated heterocycles. The van der Waals surface area contributed by atoms with Crippen molar-refractivity contribution in [1.82, 2.24) is 19.7 Å². The Hall–Kier alpha value is -0.880. The lowest BCUT2D eigenvalue weighted by atomic mass is 10.2. The molecule has 6 heteroatoms. The van der Waals surface area contributed by atoms with Gasteiger partial charge in [0.2, 0.25) is 5.95 Å². The number of likely N-dealkylation sites (N-methyl/N-ethyl adjacent to an activating group) is 1. The normalized spacial score (nSPS) is 19.6. The summed E-state index contributed by atoms with van der Waals surface area (Å²) in [5.41, 5.74) is 0. The molecule has 2 heterocycles. The Labute approximate surface area is 120 Å². The highest BCUT2D eigenvalue weighted by Gasteiger charge is 2.28. The van der Waals surface area contributed by atoms with Gasteiger partial charge in [-0.2, -0.15) is 0 Å². The van der Waals surface area contributed by atoms with E-state index in [9.17, 15) is 0 Å². The minimum atomic E-state index is 0.648. The average molecular weight is 283 g/mol. The average Bonchev–Trinajstić information content (AvgIpc) is 3.00. The molecule has 0 radical (unpaired) electrons. The highest BCUT2D eigenvalue weighted by Crippen LogP contribution is 2.21. The number of anilines is 1. The van der Waals surface area contributed by atoms with Crippen molar-refractivity contribution in [3.05, 3.63) is 4.77 Å². The molecule has 0 aromatic carbocycles. The molecule has 1 aliphatic heterocycles. The Morgan fingerprint density at radius 1 is 1.37 bits per heavy atom. The second-order valence-electron chi connectivity index (χ2n) is 5.09. The van der Waals surface area contributed by atoms with Gasteiger partial charge < -0.3 is 4.90 Å². The quantitative estimate of drug-likeness (QED) is 0.813. The number of hydrogen-bond donors (Lipinski definition) is 1. The fourth-order valence-corrected chi connectivity index (χ4v) is 3.16. The molecule has 1 aliphatic rings. The fraction of sp³-hybridized carbons (Fsp3) is 0.846. The van der Waals surface area contributed by atoms with Crippen LogP contribution in [0, 0.1) is 4.77 Å². The van der Waals surface area contributed by atoms with Crippen molar-refractivity contribution in [2.24, 2.45) is 0 Å². The van der Waals surface area contributed by atoms with Gasteiger partial charge in [0.25, 0.3) is 0 Å². The van der Waals surface area contributed by atoms with Crippen LogP contribution in [0.2, 0.25) is 0 Å². The minimum Gasteiger partial charge on any atom is -0.339 e. The maximum atomic E-state index is 5.31. The smallest absolute Gasteiger partial charge is 0.225 e. The maximum absolute atomic E-state index is 5.31. The first-order valence-corrected chi connectivity index (χ1v) is 7.76. The topological polar surface area (TPSA) is 40.1 Å². The van der Waals surface area contributed by atoms with Gasteiger partial charge in [-0.05, 0) is 38.1 Å². The summed E-state index contributed by atoms with van der Waals surface area (Å²) < 4.78 is 2.86. The standard InChI is InChI=1S/C13H25N5S/c1-4-8-18-12(14-15-13(18)19)17-9-7-11(10-17)16(5-2)6-3/h11H,4-10H2,1-3H3,(H,15,19). The molecule has 0 bridgehead atoms. The number of hydrogen-bond acceptors (Lipinski definition) is 4. The lowest BCUT2D eigenvalue weighted by molar-refractivity contribution is 0.232. The summed E-state index contributed by atoms with van der Waals surface area (Å²) in [6.45, 7) is 12.0. The molecule has 1 atom stereocenters. The van der Waals surface area contributed by atoms with Crippen LogP contribution in [0.25, 0.3) is 0 Å². The first-order valence-electron chi connectivity index (χ1n) is 7.35. The molecular formula is C13H25N5S. The summed E-state index contributed by atoms with van der Waals surface area (Å²) in [5, 5.41) is 7.35. The van der Waals surface area contributed by atoms with Gasteiger partial charge >= 0.3 is 0 Å². The molecule has 19 heavy (non-hydrogen) atoms. The maximum Gasteiger partial charge on any atom is 0.225 e. The van der Waals surface area contributed by atoms with Gasteiger partial charge in [-0.1, -0.05) is 20.8 Å². The van der Waals surface area contributed by atoms with Crippen molar-refractivity contribution in [3.63, 3.8) is 0 Å². The van der Waals surface area contributed by atoms with Gasteiger partial charge in [0, 0.05) is 25.7 Å². The van der Waals surface area contributed by atoms with Crippen molar-refractivity contribution in [3.8, 4) is 0 Å². The molecule has 0 amide bonds. The highest BCUT2D eigenvalue weighted by molar-refractivity contribution is 7.71. The minimum absolute atomic E-state index is 0.648. The first kappa shape index (κ1) is 14.5. The van der Waals surface area contributed by atoms with Crippen molar-refractivity contribution in [2.75, 3.05) is 31.1 Å². The Kier molecular flexibility index (Phi) is 4.99. The molecule has 1 fully saturated rings. The van der Waals surface area contributed by atoms with Gasteiger partial charge in [0.1, 0.15) is 0 Å². The van der Waals surface area contributed by atoms with E-state index < -0.39 is 0 Å². The third-order valence-corrected chi connectivity index (χ3v) is 4.27. The molecule has 0 saturated carbocycles. The molecule has 2 rings (SSSR count). The zero-order valence-electron chi connectivity index (χ0n) is 12.2. The Morgan fingerprint density at radius 2 is 2.11 bits per heavy atom. The van der Waals surface area contributed by atoms with Gasteiger partial charge in [0.15, 0.2) is 4.77 Å². The molecule has 0 spiro atoms. The van der Waals surface area contributed by atoms with Crippen molar-refractivity contribution >= 4 is 18.2 Å². The van der Waals surface area contributed by atoms with E-state index >= 15 is 0 Å². The summed E-state index contributed by atoms with van der Waals surface area (Å²) in [6.07, 6.45) is 2.29. The second kappa shape index (κ2) is 6.52. The zero-order valence-corrected chi connectivity index (χ0v) is 13.0. The van der Waals surface area contributed by atoms with Crippen LogP contribution in [0.1, 0.15) is 33.6 Å². The third-order valence-electron chi connectivity index (χ3n) is 3.96. The molecule has 1 N–H and O–H groups in total. The van der Waals surface area contributed by atoms with Crippen molar-refractivity contribution < 1.29 is 0 Å². The van der Waals surface area contributed by atoms with E-state index in [0.717, 1.165) is 49.9 Å². The van der Waals surface area contributed by atoms with E-state index in [1.165, 1.54) is 6.42 Å². The predicted octanol–water partition coefficient (Wildman–Crippen LogP) is 2.27. The zero-order chi connectivity index (χ0) is 13.8. The van der Waals surface area contributed by atoms with Crippen LogP contribution < -0.4 is 4.90 Å². The molecule has 0 aliphatic carbocycles. The number of H-pyrrole nitrogens is 1. The van der Waals surface area contributed by atoms with E-state index in [4.69, 9.17) is 12.2 Å². The van der Waals surface area contributed by atoms with E-state index in [-0.39, 0.29) is 0 Å². The summed E-state index contributed by atoms with van der Waals surface area (Å²) in [5.74, 6) is 1.02. The Morgan fingerprint density at radius 3 is 2.74 bits per heavy atom. The van der Waals surface area contributed by atoms with E-state index in [2.05, 4.69) is 45.3 Å². The summed E-state index contributed by atoms with van der Waals surface area (Å²) in [7, 11) is 0. The number of aromatic amines is 1. The van der Waals surface area contributed by atoms with Crippen LogP contribution in [0.4, 0.5) is 5.95 Å². The number of rotatable bonds is 6. The van der Waals surface area contributed by atoms with E-state index in [1.54, 1.807) is 0 Å². The van der Waals surface area contributed by atoms with Crippen molar-refractivity contribution in [1.29, 1.82) is 0 Å². The predicted molar refractivity (Wildman–Crippen MR) is 81.2 cm³/mol. The third kappa shape index (κ3) is 3.00. The SMILES string of the molecule is CCCn1c(N2CCC(N(CC)CC)C2)n[nH]c1=S. The number of nitrogens with one attached hydrogen (secondary N) is 1. The highest BCUT2D eigenvalue weighted by atomic mass is 32.1. The molecule has 1 unspecified atom stereocenters. The number of aromatic nitrogens is 3. The number of nitrogens with zero attached hydrogens (tertiary/aromatic N) is 4. The molecule has 1 aromatic rings. The van der Waals surface area contributed by atoms with E-state index in [0.29, 0.717) is 6.04 Å². The monoisotopic (exact) mass is 283 g/mol. The van der Waals surface area contributed by atoms with Crippen molar-refractivity contribution in [2.45, 2.75) is 46.2 Å². The van der Waals surface area contributed by atoms with E-state index in [1.807, 2.05) is 0 Å². The fourth-order valence-electron chi connectivity index (χ4n) is 2.94. The second-order valence-corrected chi connectivity index (χ2v) is 5.48. The van der Waals surface area contributed by atoms with Gasteiger partial charge in [-0.3, -0.25) is 9.47 Å². The van der Waals surface area contributed by atoms with Crippen LogP contribution in [-0.2, 0) is 6.54 Å². The summed E-state index contributed by atoms with van der Waals surface area (Å²) >= 11 is 5.31. The van der Waals surface area contributed by atoms with Gasteiger partial charge in [-0.25, -0.2) is 5.10 Å². The lowest BCUT2D eigenvalue weighted by Crippen LogP contribution is -2.37. The Balaban J connectivity index is 2.10. The van der Waals surface area contributed by atoms with Gasteiger partial charge in [0.05, 0.1) is 0 Å². The van der Waals surface area contributed by atoms with Crippen LogP contribution in [0.3, 0.4) is 0 Å². The lowest BCUT2D eigenvalue weighted by Gasteiger charge is -2.26. The first-order chi connectivity index (χ1) is 9.21. The largest absolute Gasteiger partial charge is 0.339 e.